The Morgan fingerprint density at radius 1 is 0.625 bits per heavy atom. The first-order valence-electron chi connectivity index (χ1n) is 6.82. The SMILES string of the molecule is CCO/C(C(=O)O)=C(\CC/C(C(=O)O)=C(\OCC)C(=O)O)C(=O)O. The highest BCUT2D eigenvalue weighted by Crippen LogP contribution is 2.20. The fourth-order valence-corrected chi connectivity index (χ4v) is 1.73. The molecular weight excluding hydrogens is 328 g/mol. The maximum Gasteiger partial charge on any atom is 0.371 e. The summed E-state index contributed by atoms with van der Waals surface area (Å²) in [6, 6.07) is 0. The number of aliphatic carboxylic acids is 4. The van der Waals surface area contributed by atoms with Gasteiger partial charge >= 0.3 is 23.9 Å². The summed E-state index contributed by atoms with van der Waals surface area (Å²) in [6.07, 6.45) is -1.13. The van der Waals surface area contributed by atoms with Gasteiger partial charge in [0.15, 0.2) is 0 Å². The van der Waals surface area contributed by atoms with Crippen LogP contribution in [0.1, 0.15) is 26.7 Å². The van der Waals surface area contributed by atoms with Gasteiger partial charge in [-0.3, -0.25) is 0 Å². The third kappa shape index (κ3) is 5.99. The van der Waals surface area contributed by atoms with Crippen LogP contribution in [0, 0.1) is 0 Å². The molecule has 10 heteroatoms. The minimum absolute atomic E-state index is 0.112. The van der Waals surface area contributed by atoms with Gasteiger partial charge in [-0.2, -0.15) is 0 Å². The average molecular weight is 346 g/mol. The summed E-state index contributed by atoms with van der Waals surface area (Å²) in [7, 11) is 0. The predicted octanol–water partition coefficient (Wildman–Crippen LogP) is 0.686. The molecular formula is C14H18O10. The summed E-state index contributed by atoms with van der Waals surface area (Å²) in [5, 5.41) is 36.2. The topological polar surface area (TPSA) is 168 Å². The molecule has 0 radical (unpaired) electrons. The Hall–Kier alpha value is -3.04. The molecule has 0 fully saturated rings. The predicted molar refractivity (Wildman–Crippen MR) is 77.1 cm³/mol. The van der Waals surface area contributed by atoms with Gasteiger partial charge in [0.25, 0.3) is 0 Å². The molecule has 0 rings (SSSR count). The maximum absolute atomic E-state index is 11.2. The number of carboxylic acid groups (broad SMARTS) is 4. The monoisotopic (exact) mass is 346 g/mol. The Labute approximate surface area is 136 Å². The Bertz CT molecular complexity index is 532. The quantitative estimate of drug-likeness (QED) is 0.308. The zero-order valence-electron chi connectivity index (χ0n) is 13.1. The summed E-state index contributed by atoms with van der Waals surface area (Å²) < 4.78 is 9.53. The maximum atomic E-state index is 11.2. The lowest BCUT2D eigenvalue weighted by atomic mass is 10.0. The molecule has 0 amide bonds. The van der Waals surface area contributed by atoms with E-state index in [1.54, 1.807) is 0 Å². The summed E-state index contributed by atoms with van der Waals surface area (Å²) in [5.41, 5.74) is -1.35. The zero-order valence-corrected chi connectivity index (χ0v) is 13.1. The van der Waals surface area contributed by atoms with Crippen molar-refractivity contribution >= 4 is 23.9 Å². The molecule has 0 atom stereocenters. The molecule has 0 aliphatic carbocycles. The summed E-state index contributed by atoms with van der Waals surface area (Å²) >= 11 is 0. The van der Waals surface area contributed by atoms with Crippen molar-refractivity contribution < 1.29 is 49.1 Å². The Balaban J connectivity index is 5.82. The van der Waals surface area contributed by atoms with E-state index in [-0.39, 0.29) is 13.2 Å². The molecule has 0 aromatic carbocycles. The second kappa shape index (κ2) is 9.87. The normalized spacial score (nSPS) is 12.6. The van der Waals surface area contributed by atoms with Crippen LogP contribution in [-0.2, 0) is 28.7 Å². The number of hydrogen-bond donors (Lipinski definition) is 4. The molecule has 0 saturated carbocycles. The number of hydrogen-bond acceptors (Lipinski definition) is 6. The van der Waals surface area contributed by atoms with Crippen LogP contribution in [0.3, 0.4) is 0 Å². The van der Waals surface area contributed by atoms with Gasteiger partial charge < -0.3 is 29.9 Å². The molecule has 4 N–H and O–H groups in total. The lowest BCUT2D eigenvalue weighted by Crippen LogP contribution is -2.17. The van der Waals surface area contributed by atoms with E-state index >= 15 is 0 Å². The van der Waals surface area contributed by atoms with Gasteiger partial charge in [0.1, 0.15) is 0 Å². The van der Waals surface area contributed by atoms with Gasteiger partial charge in [0.05, 0.1) is 24.4 Å². The molecule has 10 nitrogen and oxygen atoms in total. The largest absolute Gasteiger partial charge is 0.486 e. The summed E-state index contributed by atoms with van der Waals surface area (Å²) in [4.78, 5) is 44.6. The fraction of sp³-hybridized carbons (Fsp3) is 0.429. The number of carbonyl (C=O) groups is 4. The molecule has 24 heavy (non-hydrogen) atoms. The van der Waals surface area contributed by atoms with Gasteiger partial charge in [-0.1, -0.05) is 0 Å². The molecule has 0 aliphatic rings. The fourth-order valence-electron chi connectivity index (χ4n) is 1.73. The van der Waals surface area contributed by atoms with E-state index in [9.17, 15) is 19.2 Å². The van der Waals surface area contributed by atoms with Crippen molar-refractivity contribution in [2.24, 2.45) is 0 Å². The van der Waals surface area contributed by atoms with Gasteiger partial charge in [-0.05, 0) is 26.7 Å². The van der Waals surface area contributed by atoms with Crippen molar-refractivity contribution in [3.05, 3.63) is 22.7 Å². The van der Waals surface area contributed by atoms with E-state index in [4.69, 9.17) is 29.9 Å². The molecule has 0 saturated heterocycles. The first-order chi connectivity index (χ1) is 11.2. The first-order valence-corrected chi connectivity index (χ1v) is 6.82. The third-order valence-corrected chi connectivity index (χ3v) is 2.66. The lowest BCUT2D eigenvalue weighted by molar-refractivity contribution is -0.139. The van der Waals surface area contributed by atoms with Crippen molar-refractivity contribution in [3.8, 4) is 0 Å². The summed E-state index contributed by atoms with van der Waals surface area (Å²) in [6.45, 7) is 2.67. The van der Waals surface area contributed by atoms with Crippen LogP contribution in [-0.4, -0.2) is 57.5 Å². The van der Waals surface area contributed by atoms with Crippen LogP contribution >= 0.6 is 0 Å². The van der Waals surface area contributed by atoms with E-state index in [1.165, 1.54) is 13.8 Å². The molecule has 0 aromatic rings. The van der Waals surface area contributed by atoms with Crippen molar-refractivity contribution in [1.29, 1.82) is 0 Å². The van der Waals surface area contributed by atoms with E-state index in [0.29, 0.717) is 0 Å². The number of ether oxygens (including phenoxy) is 2. The van der Waals surface area contributed by atoms with Crippen LogP contribution < -0.4 is 0 Å². The van der Waals surface area contributed by atoms with Gasteiger partial charge in [-0.15, -0.1) is 0 Å². The first kappa shape index (κ1) is 21.0. The Morgan fingerprint density at radius 2 is 0.917 bits per heavy atom. The third-order valence-electron chi connectivity index (χ3n) is 2.66. The zero-order chi connectivity index (χ0) is 18.9. The number of rotatable bonds is 11. The van der Waals surface area contributed by atoms with Crippen LogP contribution in [0.2, 0.25) is 0 Å². The van der Waals surface area contributed by atoms with Gasteiger partial charge in [-0.25, -0.2) is 19.2 Å². The standard InChI is InChI=1S/C14H18O10/c1-3-23-9(13(19)20)7(11(15)16)5-6-8(12(17)18)10(14(21)22)24-4-2/h3-6H2,1-2H3,(H,15,16)(H,17,18)(H,19,20)(H,21,22)/b9-7+,10-8+. The van der Waals surface area contributed by atoms with Gasteiger partial charge in [0, 0.05) is 0 Å². The van der Waals surface area contributed by atoms with Crippen molar-refractivity contribution in [1.82, 2.24) is 0 Å². The van der Waals surface area contributed by atoms with Crippen LogP contribution in [0.15, 0.2) is 22.7 Å². The highest BCUT2D eigenvalue weighted by Gasteiger charge is 2.26. The number of carboxylic acids is 4. The molecule has 0 bridgehead atoms. The van der Waals surface area contributed by atoms with E-state index in [0.717, 1.165) is 0 Å². The molecule has 0 aromatic heterocycles. The molecule has 0 unspecified atom stereocenters. The second-order valence-electron chi connectivity index (χ2n) is 4.20. The van der Waals surface area contributed by atoms with Crippen LogP contribution in [0.4, 0.5) is 0 Å². The van der Waals surface area contributed by atoms with Crippen molar-refractivity contribution in [3.63, 3.8) is 0 Å². The van der Waals surface area contributed by atoms with E-state index in [1.807, 2.05) is 0 Å². The molecule has 0 aliphatic heterocycles. The van der Waals surface area contributed by atoms with Crippen LogP contribution in [0.5, 0.6) is 0 Å². The minimum atomic E-state index is -1.63. The minimum Gasteiger partial charge on any atom is -0.486 e. The second-order valence-corrected chi connectivity index (χ2v) is 4.20. The van der Waals surface area contributed by atoms with Crippen molar-refractivity contribution in [2.45, 2.75) is 26.7 Å². The van der Waals surface area contributed by atoms with E-state index < -0.39 is 59.4 Å². The molecule has 134 valence electrons. The Morgan fingerprint density at radius 3 is 1.08 bits per heavy atom. The van der Waals surface area contributed by atoms with Gasteiger partial charge in [0.2, 0.25) is 11.5 Å². The smallest absolute Gasteiger partial charge is 0.371 e. The highest BCUT2D eigenvalue weighted by molar-refractivity contribution is 5.99. The summed E-state index contributed by atoms with van der Waals surface area (Å²) in [5.74, 6) is -8.14. The Kier molecular flexibility index (Phi) is 8.62. The molecule has 0 heterocycles. The van der Waals surface area contributed by atoms with Crippen molar-refractivity contribution in [2.75, 3.05) is 13.2 Å². The average Bonchev–Trinajstić information content (AvgIpc) is 2.47. The van der Waals surface area contributed by atoms with E-state index in [2.05, 4.69) is 0 Å². The van der Waals surface area contributed by atoms with Crippen LogP contribution in [0.25, 0.3) is 0 Å². The lowest BCUT2D eigenvalue weighted by Gasteiger charge is -2.11. The highest BCUT2D eigenvalue weighted by atomic mass is 16.5. The molecule has 0 spiro atoms.